The Morgan fingerprint density at radius 3 is 2.82 bits per heavy atom. The molecule has 0 spiro atoms. The molecule has 0 amide bonds. The molecule has 5 heteroatoms. The Bertz CT molecular complexity index is 533. The van der Waals surface area contributed by atoms with E-state index in [1.165, 1.54) is 6.07 Å². The summed E-state index contributed by atoms with van der Waals surface area (Å²) < 4.78 is 15.3. The van der Waals surface area contributed by atoms with Gasteiger partial charge in [0.1, 0.15) is 11.5 Å². The molecule has 2 rings (SSSR count). The normalized spacial score (nSPS) is 10.5. The zero-order valence-electron chi connectivity index (χ0n) is 9.31. The van der Waals surface area contributed by atoms with Gasteiger partial charge in [-0.05, 0) is 12.1 Å². The molecular formula is C12H13FN4. The van der Waals surface area contributed by atoms with Crippen molar-refractivity contribution in [2.75, 3.05) is 0 Å². The molecule has 0 unspecified atom stereocenters. The fourth-order valence-electron chi connectivity index (χ4n) is 1.68. The third-order valence-electron chi connectivity index (χ3n) is 2.43. The van der Waals surface area contributed by atoms with E-state index in [0.717, 1.165) is 0 Å². The average molecular weight is 232 g/mol. The molecule has 0 bridgehead atoms. The molecule has 1 aromatic heterocycles. The predicted octanol–water partition coefficient (Wildman–Crippen LogP) is 1.73. The number of nitrogens with two attached hydrogens (primary N) is 1. The fourth-order valence-corrected chi connectivity index (χ4v) is 1.68. The molecular weight excluding hydrogens is 219 g/mol. The number of benzene rings is 1. The molecule has 2 aromatic rings. The zero-order valence-corrected chi connectivity index (χ0v) is 9.31. The summed E-state index contributed by atoms with van der Waals surface area (Å²) in [5.74, 6) is -0.310. The standard InChI is InChI=1S/C12H13FN4/c1-2-7-17-12(11(8-14)15-16-17)9-5-3-4-6-10(9)13/h2-6H,1,7-8,14H2. The smallest absolute Gasteiger partial charge is 0.132 e. The highest BCUT2D eigenvalue weighted by Gasteiger charge is 2.15. The van der Waals surface area contributed by atoms with Gasteiger partial charge in [0.2, 0.25) is 0 Å². The van der Waals surface area contributed by atoms with Gasteiger partial charge in [0.25, 0.3) is 0 Å². The largest absolute Gasteiger partial charge is 0.325 e. The number of nitrogens with zero attached hydrogens (tertiary/aromatic N) is 3. The second-order valence-electron chi connectivity index (χ2n) is 3.54. The van der Waals surface area contributed by atoms with Crippen LogP contribution in [0.15, 0.2) is 36.9 Å². The molecule has 0 aliphatic rings. The second-order valence-corrected chi connectivity index (χ2v) is 3.54. The highest BCUT2D eigenvalue weighted by atomic mass is 19.1. The Balaban J connectivity index is 2.60. The van der Waals surface area contributed by atoms with Crippen LogP contribution in [0.1, 0.15) is 5.69 Å². The van der Waals surface area contributed by atoms with Crippen molar-refractivity contribution >= 4 is 0 Å². The number of hydrogen-bond acceptors (Lipinski definition) is 3. The molecule has 0 aliphatic carbocycles. The van der Waals surface area contributed by atoms with E-state index in [2.05, 4.69) is 16.9 Å². The van der Waals surface area contributed by atoms with Crippen molar-refractivity contribution in [2.24, 2.45) is 5.73 Å². The minimum absolute atomic E-state index is 0.223. The summed E-state index contributed by atoms with van der Waals surface area (Å²) in [6.45, 7) is 4.33. The molecule has 88 valence electrons. The van der Waals surface area contributed by atoms with Gasteiger partial charge in [0.15, 0.2) is 0 Å². The van der Waals surface area contributed by atoms with Crippen LogP contribution >= 0.6 is 0 Å². The minimum atomic E-state index is -0.310. The molecule has 0 atom stereocenters. The number of aromatic nitrogens is 3. The van der Waals surface area contributed by atoms with Gasteiger partial charge in [0.05, 0.1) is 12.2 Å². The SMILES string of the molecule is C=CCn1nnc(CN)c1-c1ccccc1F. The maximum Gasteiger partial charge on any atom is 0.132 e. The first-order valence-corrected chi connectivity index (χ1v) is 5.26. The summed E-state index contributed by atoms with van der Waals surface area (Å²) in [7, 11) is 0. The molecule has 1 aromatic carbocycles. The number of allylic oxidation sites excluding steroid dienone is 1. The van der Waals surface area contributed by atoms with Gasteiger partial charge in [-0.3, -0.25) is 0 Å². The van der Waals surface area contributed by atoms with Gasteiger partial charge in [-0.2, -0.15) is 0 Å². The monoisotopic (exact) mass is 232 g/mol. The summed E-state index contributed by atoms with van der Waals surface area (Å²) >= 11 is 0. The average Bonchev–Trinajstić information content (AvgIpc) is 2.73. The van der Waals surface area contributed by atoms with E-state index in [1.807, 2.05) is 0 Å². The van der Waals surface area contributed by atoms with Gasteiger partial charge >= 0.3 is 0 Å². The van der Waals surface area contributed by atoms with Crippen LogP contribution in [0.3, 0.4) is 0 Å². The van der Waals surface area contributed by atoms with E-state index in [0.29, 0.717) is 23.5 Å². The Hall–Kier alpha value is -2.01. The van der Waals surface area contributed by atoms with Crippen LogP contribution in [-0.4, -0.2) is 15.0 Å². The van der Waals surface area contributed by atoms with Crippen molar-refractivity contribution in [3.8, 4) is 11.3 Å². The van der Waals surface area contributed by atoms with Crippen LogP contribution in [-0.2, 0) is 13.1 Å². The van der Waals surface area contributed by atoms with E-state index in [-0.39, 0.29) is 12.4 Å². The zero-order chi connectivity index (χ0) is 12.3. The molecule has 0 saturated carbocycles. The molecule has 17 heavy (non-hydrogen) atoms. The summed E-state index contributed by atoms with van der Waals surface area (Å²) in [6, 6.07) is 6.50. The quantitative estimate of drug-likeness (QED) is 0.817. The summed E-state index contributed by atoms with van der Waals surface area (Å²) in [6.07, 6.45) is 1.68. The van der Waals surface area contributed by atoms with Crippen molar-refractivity contribution in [3.63, 3.8) is 0 Å². The number of rotatable bonds is 4. The van der Waals surface area contributed by atoms with E-state index in [9.17, 15) is 4.39 Å². The van der Waals surface area contributed by atoms with E-state index in [4.69, 9.17) is 5.73 Å². The molecule has 0 aliphatic heterocycles. The Morgan fingerprint density at radius 1 is 1.41 bits per heavy atom. The van der Waals surface area contributed by atoms with Gasteiger partial charge in [0, 0.05) is 12.1 Å². The van der Waals surface area contributed by atoms with Crippen LogP contribution in [0, 0.1) is 5.82 Å². The lowest BCUT2D eigenvalue weighted by atomic mass is 10.1. The number of hydrogen-bond donors (Lipinski definition) is 1. The minimum Gasteiger partial charge on any atom is -0.325 e. The van der Waals surface area contributed by atoms with Crippen LogP contribution in [0.25, 0.3) is 11.3 Å². The lowest BCUT2D eigenvalue weighted by Gasteiger charge is -2.06. The van der Waals surface area contributed by atoms with Gasteiger partial charge in [-0.15, -0.1) is 11.7 Å². The van der Waals surface area contributed by atoms with Gasteiger partial charge < -0.3 is 5.73 Å². The molecule has 0 fully saturated rings. The topological polar surface area (TPSA) is 56.7 Å². The van der Waals surface area contributed by atoms with Crippen LogP contribution in [0.2, 0.25) is 0 Å². The summed E-state index contributed by atoms with van der Waals surface area (Å²) in [5, 5.41) is 7.89. The molecule has 1 heterocycles. The van der Waals surface area contributed by atoms with E-state index in [1.54, 1.807) is 29.0 Å². The first-order valence-electron chi connectivity index (χ1n) is 5.26. The number of halogens is 1. The highest BCUT2D eigenvalue weighted by molar-refractivity contribution is 5.62. The third kappa shape index (κ3) is 2.09. The third-order valence-corrected chi connectivity index (χ3v) is 2.43. The van der Waals surface area contributed by atoms with Crippen molar-refractivity contribution < 1.29 is 4.39 Å². The van der Waals surface area contributed by atoms with Crippen molar-refractivity contribution in [3.05, 3.63) is 48.4 Å². The maximum atomic E-state index is 13.8. The maximum absolute atomic E-state index is 13.8. The summed E-state index contributed by atoms with van der Waals surface area (Å²) in [4.78, 5) is 0. The molecule has 4 nitrogen and oxygen atoms in total. The first-order chi connectivity index (χ1) is 8.27. The van der Waals surface area contributed by atoms with Gasteiger partial charge in [-0.25, -0.2) is 9.07 Å². The Labute approximate surface area is 98.6 Å². The molecule has 0 radical (unpaired) electrons. The van der Waals surface area contributed by atoms with E-state index >= 15 is 0 Å². The van der Waals surface area contributed by atoms with E-state index < -0.39 is 0 Å². The van der Waals surface area contributed by atoms with Gasteiger partial charge in [-0.1, -0.05) is 23.4 Å². The lowest BCUT2D eigenvalue weighted by molar-refractivity contribution is 0.623. The highest BCUT2D eigenvalue weighted by Crippen LogP contribution is 2.24. The van der Waals surface area contributed by atoms with Crippen molar-refractivity contribution in [1.29, 1.82) is 0 Å². The lowest BCUT2D eigenvalue weighted by Crippen LogP contribution is -2.04. The Kier molecular flexibility index (Phi) is 3.30. The fraction of sp³-hybridized carbons (Fsp3) is 0.167. The second kappa shape index (κ2) is 4.88. The van der Waals surface area contributed by atoms with Crippen molar-refractivity contribution in [2.45, 2.75) is 13.1 Å². The molecule has 2 N–H and O–H groups in total. The first kappa shape index (κ1) is 11.5. The molecule has 0 saturated heterocycles. The van der Waals surface area contributed by atoms with Crippen molar-refractivity contribution in [1.82, 2.24) is 15.0 Å². The van der Waals surface area contributed by atoms with Crippen LogP contribution in [0.5, 0.6) is 0 Å². The van der Waals surface area contributed by atoms with Crippen LogP contribution in [0.4, 0.5) is 4.39 Å². The predicted molar refractivity (Wildman–Crippen MR) is 63.5 cm³/mol. The van der Waals surface area contributed by atoms with Crippen LogP contribution < -0.4 is 5.73 Å². The summed E-state index contributed by atoms with van der Waals surface area (Å²) in [5.41, 5.74) is 7.24. The Morgan fingerprint density at radius 2 is 2.18 bits per heavy atom.